The standard InChI is InChI=1S/C6H8NO6PS/c7-5-3-4(14(8,9)10)1-2-6(5)13-15(11)12/h1-3H,7H2,(H,11,12)(H2,8,9,10). The molecule has 0 amide bonds. The minimum absolute atomic E-state index is 0.118. The van der Waals surface area contributed by atoms with Crippen molar-refractivity contribution in [2.45, 2.75) is 0 Å². The highest BCUT2D eigenvalue weighted by atomic mass is 32.2. The smallest absolute Gasteiger partial charge is 0.357 e. The maximum absolute atomic E-state index is 10.8. The molecule has 0 aromatic heterocycles. The molecule has 0 saturated heterocycles. The maximum atomic E-state index is 10.8. The van der Waals surface area contributed by atoms with Gasteiger partial charge >= 0.3 is 19.0 Å². The summed E-state index contributed by atoms with van der Waals surface area (Å²) in [5.41, 5.74) is 5.23. The first kappa shape index (κ1) is 12.2. The molecule has 1 atom stereocenters. The van der Waals surface area contributed by atoms with Crippen molar-refractivity contribution in [2.24, 2.45) is 0 Å². The second-order valence-corrected chi connectivity index (χ2v) is 4.77. The Hall–Kier alpha value is -0.920. The molecule has 0 spiro atoms. The normalized spacial score (nSPS) is 13.5. The SMILES string of the molecule is Nc1cc(P(=O)(O)O)ccc1OS(=O)O. The molecule has 15 heavy (non-hydrogen) atoms. The van der Waals surface area contributed by atoms with Crippen LogP contribution in [-0.4, -0.2) is 18.5 Å². The molecular weight excluding hydrogens is 245 g/mol. The molecule has 0 heterocycles. The number of hydrogen-bond acceptors (Lipinski definition) is 4. The van der Waals surface area contributed by atoms with Crippen LogP contribution in [0.1, 0.15) is 0 Å². The summed E-state index contributed by atoms with van der Waals surface area (Å²) in [4.78, 5) is 17.6. The quantitative estimate of drug-likeness (QED) is 0.327. The molecule has 0 saturated carbocycles. The molecule has 0 aliphatic rings. The fourth-order valence-electron chi connectivity index (χ4n) is 0.870. The summed E-state index contributed by atoms with van der Waals surface area (Å²) in [6.07, 6.45) is 0. The van der Waals surface area contributed by atoms with Crippen molar-refractivity contribution in [2.75, 3.05) is 5.73 Å². The summed E-state index contributed by atoms with van der Waals surface area (Å²) in [6, 6.07) is 3.17. The van der Waals surface area contributed by atoms with Crippen LogP contribution < -0.4 is 15.2 Å². The van der Waals surface area contributed by atoms with Crippen molar-refractivity contribution in [3.8, 4) is 5.75 Å². The van der Waals surface area contributed by atoms with E-state index in [0.29, 0.717) is 0 Å². The summed E-state index contributed by atoms with van der Waals surface area (Å²) in [5.74, 6) is -0.118. The Morgan fingerprint density at radius 3 is 2.40 bits per heavy atom. The van der Waals surface area contributed by atoms with E-state index < -0.39 is 19.0 Å². The number of rotatable bonds is 3. The Morgan fingerprint density at radius 2 is 2.00 bits per heavy atom. The van der Waals surface area contributed by atoms with Crippen molar-refractivity contribution in [3.05, 3.63) is 18.2 Å². The zero-order chi connectivity index (χ0) is 11.6. The van der Waals surface area contributed by atoms with Crippen LogP contribution in [0.5, 0.6) is 5.75 Å². The minimum atomic E-state index is -4.37. The first-order valence-corrected chi connectivity index (χ1v) is 6.20. The lowest BCUT2D eigenvalue weighted by atomic mass is 10.3. The van der Waals surface area contributed by atoms with E-state index in [2.05, 4.69) is 4.18 Å². The number of hydrogen-bond donors (Lipinski definition) is 4. The van der Waals surface area contributed by atoms with Gasteiger partial charge in [0, 0.05) is 0 Å². The second kappa shape index (κ2) is 4.30. The van der Waals surface area contributed by atoms with Gasteiger partial charge in [0.05, 0.1) is 11.0 Å². The average molecular weight is 253 g/mol. The molecule has 0 radical (unpaired) electrons. The molecular formula is C6H8NO6PS. The molecule has 9 heteroatoms. The third-order valence-corrected chi connectivity index (χ3v) is 2.76. The fraction of sp³-hybridized carbons (Fsp3) is 0. The Kier molecular flexibility index (Phi) is 3.48. The van der Waals surface area contributed by atoms with Crippen LogP contribution in [0.2, 0.25) is 0 Å². The summed E-state index contributed by atoms with van der Waals surface area (Å²) < 4.78 is 33.9. The molecule has 5 N–H and O–H groups in total. The van der Waals surface area contributed by atoms with Gasteiger partial charge in [0.2, 0.25) is 0 Å². The van der Waals surface area contributed by atoms with E-state index in [9.17, 15) is 8.77 Å². The van der Waals surface area contributed by atoms with E-state index in [1.807, 2.05) is 0 Å². The van der Waals surface area contributed by atoms with Gasteiger partial charge in [-0.15, -0.1) is 0 Å². The molecule has 7 nitrogen and oxygen atoms in total. The molecule has 1 unspecified atom stereocenters. The first-order valence-electron chi connectivity index (χ1n) is 3.55. The molecule has 0 fully saturated rings. The van der Waals surface area contributed by atoms with E-state index in [-0.39, 0.29) is 16.7 Å². The highest BCUT2D eigenvalue weighted by Crippen LogP contribution is 2.35. The van der Waals surface area contributed by atoms with Gasteiger partial charge in [-0.3, -0.25) is 9.12 Å². The Labute approximate surface area is 87.5 Å². The highest BCUT2D eigenvalue weighted by Gasteiger charge is 2.18. The zero-order valence-corrected chi connectivity index (χ0v) is 8.94. The van der Waals surface area contributed by atoms with Crippen molar-refractivity contribution < 1.29 is 27.3 Å². The minimum Gasteiger partial charge on any atom is -0.396 e. The van der Waals surface area contributed by atoms with E-state index in [4.69, 9.17) is 20.1 Å². The van der Waals surface area contributed by atoms with Gasteiger partial charge in [0.1, 0.15) is 0 Å². The van der Waals surface area contributed by atoms with E-state index in [0.717, 1.165) is 18.2 Å². The monoisotopic (exact) mass is 253 g/mol. The first-order chi connectivity index (χ1) is 6.80. The molecule has 0 aliphatic carbocycles. The Balaban J connectivity index is 3.09. The van der Waals surface area contributed by atoms with Gasteiger partial charge in [0.25, 0.3) is 0 Å². The molecule has 1 aromatic rings. The average Bonchev–Trinajstić information content (AvgIpc) is 2.05. The lowest BCUT2D eigenvalue weighted by Crippen LogP contribution is -2.07. The van der Waals surface area contributed by atoms with Gasteiger partial charge in [-0.05, 0) is 18.2 Å². The molecule has 0 bridgehead atoms. The van der Waals surface area contributed by atoms with Gasteiger partial charge < -0.3 is 19.7 Å². The number of anilines is 1. The van der Waals surface area contributed by atoms with Gasteiger partial charge in [-0.1, -0.05) is 0 Å². The number of nitrogen functional groups attached to an aromatic ring is 1. The largest absolute Gasteiger partial charge is 0.396 e. The van der Waals surface area contributed by atoms with E-state index >= 15 is 0 Å². The summed E-state index contributed by atoms with van der Waals surface area (Å²) in [6.45, 7) is 0. The predicted octanol–water partition coefficient (Wildman–Crippen LogP) is -0.413. The number of benzene rings is 1. The van der Waals surface area contributed by atoms with Crippen LogP contribution in [0.15, 0.2) is 18.2 Å². The van der Waals surface area contributed by atoms with Gasteiger partial charge in [-0.2, -0.15) is 4.21 Å². The van der Waals surface area contributed by atoms with Crippen LogP contribution in [0.4, 0.5) is 5.69 Å². The maximum Gasteiger partial charge on any atom is 0.357 e. The summed E-state index contributed by atoms with van der Waals surface area (Å²) in [7, 11) is -4.37. The van der Waals surface area contributed by atoms with Crippen LogP contribution in [0.3, 0.4) is 0 Å². The third-order valence-electron chi connectivity index (χ3n) is 1.49. The van der Waals surface area contributed by atoms with Crippen molar-refractivity contribution >= 4 is 29.9 Å². The van der Waals surface area contributed by atoms with Crippen LogP contribution in [0, 0.1) is 0 Å². The third kappa shape index (κ3) is 3.29. The zero-order valence-electron chi connectivity index (χ0n) is 7.23. The lowest BCUT2D eigenvalue weighted by Gasteiger charge is -2.07. The predicted molar refractivity (Wildman–Crippen MR) is 53.9 cm³/mol. The van der Waals surface area contributed by atoms with Crippen LogP contribution in [-0.2, 0) is 15.9 Å². The van der Waals surface area contributed by atoms with E-state index in [1.54, 1.807) is 0 Å². The van der Waals surface area contributed by atoms with Gasteiger partial charge in [-0.25, -0.2) is 0 Å². The van der Waals surface area contributed by atoms with Gasteiger partial charge in [0.15, 0.2) is 5.75 Å². The topological polar surface area (TPSA) is 130 Å². The number of nitrogens with two attached hydrogens (primary N) is 1. The molecule has 1 rings (SSSR count). The molecule has 1 aromatic carbocycles. The molecule has 84 valence electrons. The van der Waals surface area contributed by atoms with Crippen LogP contribution in [0.25, 0.3) is 0 Å². The van der Waals surface area contributed by atoms with Crippen molar-refractivity contribution in [1.82, 2.24) is 0 Å². The summed E-state index contributed by atoms with van der Waals surface area (Å²) in [5, 5.41) is -0.281. The lowest BCUT2D eigenvalue weighted by molar-refractivity contribution is 0.387. The fourth-order valence-corrected chi connectivity index (χ4v) is 1.75. The van der Waals surface area contributed by atoms with Crippen molar-refractivity contribution in [3.63, 3.8) is 0 Å². The Bertz CT molecular complexity index is 443. The Morgan fingerprint density at radius 1 is 1.40 bits per heavy atom. The second-order valence-electron chi connectivity index (χ2n) is 2.57. The van der Waals surface area contributed by atoms with Crippen molar-refractivity contribution in [1.29, 1.82) is 0 Å². The highest BCUT2D eigenvalue weighted by molar-refractivity contribution is 7.74. The molecule has 0 aliphatic heterocycles. The van der Waals surface area contributed by atoms with E-state index in [1.165, 1.54) is 0 Å². The van der Waals surface area contributed by atoms with Crippen LogP contribution >= 0.6 is 7.60 Å². The summed E-state index contributed by atoms with van der Waals surface area (Å²) >= 11 is -2.53.